The molecule has 1 fully saturated rings. The minimum Gasteiger partial charge on any atom is -0.506 e. The van der Waals surface area contributed by atoms with E-state index in [0.29, 0.717) is 24.5 Å². The van der Waals surface area contributed by atoms with E-state index in [-0.39, 0.29) is 17.4 Å². The summed E-state index contributed by atoms with van der Waals surface area (Å²) >= 11 is 5.99. The highest BCUT2D eigenvalue weighted by molar-refractivity contribution is 6.32. The second kappa shape index (κ2) is 10.4. The summed E-state index contributed by atoms with van der Waals surface area (Å²) in [4.78, 5) is 15.2. The smallest absolute Gasteiger partial charge is 0.318 e. The third-order valence-electron chi connectivity index (χ3n) is 7.21. The number of hydrogen-bond acceptors (Lipinski definition) is 4. The Balaban J connectivity index is 1.42. The Hall–Kier alpha value is -2.86. The van der Waals surface area contributed by atoms with E-state index in [1.807, 2.05) is 60.7 Å². The van der Waals surface area contributed by atoms with Crippen molar-refractivity contribution < 1.29 is 19.7 Å². The fourth-order valence-corrected chi connectivity index (χ4v) is 5.00. The van der Waals surface area contributed by atoms with Crippen molar-refractivity contribution in [3.05, 3.63) is 101 Å². The van der Waals surface area contributed by atoms with Crippen molar-refractivity contribution in [1.82, 2.24) is 4.90 Å². The SMILES string of the molecule is CC(C)(CCC(C(=O)O)(c1ccccc1)c1ccccc1)N1CC(OCc2ccc(O)c(Cl)c2)C1. The maximum absolute atomic E-state index is 12.9. The van der Waals surface area contributed by atoms with Gasteiger partial charge in [-0.1, -0.05) is 78.3 Å². The van der Waals surface area contributed by atoms with Gasteiger partial charge >= 0.3 is 5.97 Å². The maximum atomic E-state index is 12.9. The molecule has 5 nitrogen and oxygen atoms in total. The van der Waals surface area contributed by atoms with Crippen LogP contribution in [0.1, 0.15) is 43.4 Å². The molecule has 3 aromatic carbocycles. The monoisotopic (exact) mass is 493 g/mol. The van der Waals surface area contributed by atoms with E-state index in [2.05, 4.69) is 18.7 Å². The summed E-state index contributed by atoms with van der Waals surface area (Å²) in [5.74, 6) is -0.765. The zero-order valence-electron chi connectivity index (χ0n) is 20.2. The predicted molar refractivity (Wildman–Crippen MR) is 138 cm³/mol. The number of ether oxygens (including phenoxy) is 1. The van der Waals surface area contributed by atoms with Gasteiger partial charge in [0.15, 0.2) is 0 Å². The number of aromatic hydroxyl groups is 1. The highest BCUT2D eigenvalue weighted by atomic mass is 35.5. The lowest BCUT2D eigenvalue weighted by molar-refractivity contribution is -0.143. The summed E-state index contributed by atoms with van der Waals surface area (Å²) in [6.07, 6.45) is 1.30. The summed E-state index contributed by atoms with van der Waals surface area (Å²) in [7, 11) is 0. The molecule has 0 radical (unpaired) electrons. The second-order valence-electron chi connectivity index (χ2n) is 9.88. The summed E-state index contributed by atoms with van der Waals surface area (Å²) < 4.78 is 6.03. The Labute approximate surface area is 211 Å². The Morgan fingerprint density at radius 2 is 1.54 bits per heavy atom. The maximum Gasteiger partial charge on any atom is 0.318 e. The largest absolute Gasteiger partial charge is 0.506 e. The van der Waals surface area contributed by atoms with Gasteiger partial charge in [-0.15, -0.1) is 0 Å². The average Bonchev–Trinajstić information content (AvgIpc) is 2.82. The first-order valence-corrected chi connectivity index (χ1v) is 12.3. The van der Waals surface area contributed by atoms with E-state index in [1.54, 1.807) is 18.2 Å². The van der Waals surface area contributed by atoms with E-state index in [9.17, 15) is 15.0 Å². The van der Waals surface area contributed by atoms with Crippen LogP contribution in [0.2, 0.25) is 5.02 Å². The molecule has 0 aliphatic carbocycles. The summed E-state index contributed by atoms with van der Waals surface area (Å²) in [6, 6.07) is 24.2. The van der Waals surface area contributed by atoms with Gasteiger partial charge in [-0.3, -0.25) is 9.69 Å². The van der Waals surface area contributed by atoms with Crippen LogP contribution in [-0.2, 0) is 21.6 Å². The van der Waals surface area contributed by atoms with E-state index in [1.165, 1.54) is 0 Å². The van der Waals surface area contributed by atoms with Crippen LogP contribution in [0.4, 0.5) is 0 Å². The van der Waals surface area contributed by atoms with Crippen molar-refractivity contribution in [3.8, 4) is 5.75 Å². The summed E-state index contributed by atoms with van der Waals surface area (Å²) in [5.41, 5.74) is 1.21. The highest BCUT2D eigenvalue weighted by Gasteiger charge is 2.45. The summed E-state index contributed by atoms with van der Waals surface area (Å²) in [5, 5.41) is 20.4. The molecular weight excluding hydrogens is 462 g/mol. The van der Waals surface area contributed by atoms with E-state index >= 15 is 0 Å². The molecule has 1 saturated heterocycles. The Kier molecular flexibility index (Phi) is 7.50. The average molecular weight is 494 g/mol. The van der Waals surface area contributed by atoms with Gasteiger partial charge in [0.25, 0.3) is 0 Å². The minimum atomic E-state index is -1.11. The minimum absolute atomic E-state index is 0.0652. The van der Waals surface area contributed by atoms with Gasteiger partial charge in [0.1, 0.15) is 11.2 Å². The van der Waals surface area contributed by atoms with Crippen molar-refractivity contribution in [2.24, 2.45) is 0 Å². The number of hydrogen-bond donors (Lipinski definition) is 2. The lowest BCUT2D eigenvalue weighted by Gasteiger charge is -2.50. The van der Waals surface area contributed by atoms with Gasteiger partial charge in [-0.2, -0.15) is 0 Å². The normalized spacial score (nSPS) is 15.1. The molecule has 35 heavy (non-hydrogen) atoms. The third kappa shape index (κ3) is 5.37. The number of carboxylic acid groups (broad SMARTS) is 1. The van der Waals surface area contributed by atoms with E-state index in [4.69, 9.17) is 16.3 Å². The first kappa shape index (κ1) is 25.2. The number of phenols is 1. The molecule has 1 heterocycles. The lowest BCUT2D eigenvalue weighted by atomic mass is 9.69. The number of halogens is 1. The fraction of sp³-hybridized carbons (Fsp3) is 0.345. The number of phenolic OH excluding ortho intramolecular Hbond substituents is 1. The number of carbonyl (C=O) groups is 1. The van der Waals surface area contributed by atoms with Crippen molar-refractivity contribution in [2.45, 2.75) is 50.4 Å². The van der Waals surface area contributed by atoms with Gasteiger partial charge in [0, 0.05) is 18.6 Å². The predicted octanol–water partition coefficient (Wildman–Crippen LogP) is 5.88. The van der Waals surface area contributed by atoms with Gasteiger partial charge < -0.3 is 14.9 Å². The topological polar surface area (TPSA) is 70.0 Å². The molecule has 6 heteroatoms. The quantitative estimate of drug-likeness (QED) is 0.369. The molecule has 3 aromatic rings. The lowest BCUT2D eigenvalue weighted by Crippen LogP contribution is -2.61. The van der Waals surface area contributed by atoms with Crippen LogP contribution in [-0.4, -0.2) is 45.8 Å². The zero-order valence-corrected chi connectivity index (χ0v) is 20.9. The van der Waals surface area contributed by atoms with E-state index in [0.717, 1.165) is 29.8 Å². The molecule has 184 valence electrons. The van der Waals surface area contributed by atoms with E-state index < -0.39 is 11.4 Å². The second-order valence-corrected chi connectivity index (χ2v) is 10.3. The van der Waals surface area contributed by atoms with Crippen LogP contribution < -0.4 is 0 Å². The number of benzene rings is 3. The highest BCUT2D eigenvalue weighted by Crippen LogP contribution is 2.40. The first-order chi connectivity index (χ1) is 16.7. The molecule has 4 rings (SSSR count). The number of likely N-dealkylation sites (tertiary alicyclic amines) is 1. The Bertz CT molecular complexity index is 1100. The Morgan fingerprint density at radius 1 is 0.971 bits per heavy atom. The number of nitrogens with zero attached hydrogens (tertiary/aromatic N) is 1. The molecule has 0 aromatic heterocycles. The third-order valence-corrected chi connectivity index (χ3v) is 7.51. The van der Waals surface area contributed by atoms with Crippen molar-refractivity contribution in [1.29, 1.82) is 0 Å². The van der Waals surface area contributed by atoms with Crippen LogP contribution in [0.3, 0.4) is 0 Å². The van der Waals surface area contributed by atoms with Crippen LogP contribution in [0.25, 0.3) is 0 Å². The van der Waals surface area contributed by atoms with Crippen LogP contribution >= 0.6 is 11.6 Å². The molecular formula is C29H32ClNO4. The molecule has 0 saturated carbocycles. The van der Waals surface area contributed by atoms with Crippen LogP contribution in [0.5, 0.6) is 5.75 Å². The molecule has 2 N–H and O–H groups in total. The van der Waals surface area contributed by atoms with Crippen molar-refractivity contribution in [2.75, 3.05) is 13.1 Å². The van der Waals surface area contributed by atoms with Crippen molar-refractivity contribution in [3.63, 3.8) is 0 Å². The zero-order chi connectivity index (χ0) is 25.1. The molecule has 0 amide bonds. The van der Waals surface area contributed by atoms with Gasteiger partial charge in [-0.05, 0) is 55.5 Å². The number of carboxylic acids is 1. The van der Waals surface area contributed by atoms with Gasteiger partial charge in [-0.25, -0.2) is 0 Å². The molecule has 0 atom stereocenters. The molecule has 0 spiro atoms. The summed E-state index contributed by atoms with van der Waals surface area (Å²) in [6.45, 7) is 6.35. The molecule has 0 bridgehead atoms. The standard InChI is InChI=1S/C29H32ClNO4/c1-28(2,31-18-24(19-31)35-20-21-13-14-26(32)25(30)17-21)15-16-29(27(33)34,22-9-5-3-6-10-22)23-11-7-4-8-12-23/h3-14,17,24,32H,15-16,18-20H2,1-2H3,(H,33,34). The molecule has 0 unspecified atom stereocenters. The van der Waals surface area contributed by atoms with Crippen molar-refractivity contribution >= 4 is 17.6 Å². The van der Waals surface area contributed by atoms with Gasteiger partial charge in [0.2, 0.25) is 0 Å². The number of aliphatic carboxylic acids is 1. The Morgan fingerprint density at radius 3 is 2.06 bits per heavy atom. The fourth-order valence-electron chi connectivity index (χ4n) is 4.80. The molecule has 1 aliphatic rings. The van der Waals surface area contributed by atoms with Crippen LogP contribution in [0, 0.1) is 0 Å². The molecule has 1 aliphatic heterocycles. The number of rotatable bonds is 10. The van der Waals surface area contributed by atoms with Crippen LogP contribution in [0.15, 0.2) is 78.9 Å². The van der Waals surface area contributed by atoms with Gasteiger partial charge in [0.05, 0.1) is 17.7 Å². The first-order valence-electron chi connectivity index (χ1n) is 11.9.